The van der Waals surface area contributed by atoms with E-state index in [4.69, 9.17) is 5.73 Å². The topological polar surface area (TPSA) is 43.8 Å². The number of rotatable bonds is 2. The van der Waals surface area contributed by atoms with E-state index in [1.165, 1.54) is 37.7 Å². The van der Waals surface area contributed by atoms with Gasteiger partial charge in [-0.1, -0.05) is 6.42 Å². The van der Waals surface area contributed by atoms with Gasteiger partial charge in [-0.15, -0.1) is 0 Å². The number of aryl methyl sites for hydroxylation is 1. The molecule has 0 spiro atoms. The lowest BCUT2D eigenvalue weighted by Crippen LogP contribution is -2.50. The summed E-state index contributed by atoms with van der Waals surface area (Å²) in [6.07, 6.45) is 12.2. The monoisotopic (exact) mass is 245 g/mol. The highest BCUT2D eigenvalue weighted by molar-refractivity contribution is 5.18. The molecule has 3 aliphatic rings. The van der Waals surface area contributed by atoms with Crippen molar-refractivity contribution in [2.45, 2.75) is 44.1 Å². The van der Waals surface area contributed by atoms with Crippen LogP contribution in [0.25, 0.3) is 0 Å². The fourth-order valence-corrected chi connectivity index (χ4v) is 5.46. The summed E-state index contributed by atoms with van der Waals surface area (Å²) >= 11 is 0. The van der Waals surface area contributed by atoms with E-state index in [9.17, 15) is 0 Å². The van der Waals surface area contributed by atoms with Gasteiger partial charge < -0.3 is 5.73 Å². The van der Waals surface area contributed by atoms with Crippen LogP contribution in [0.4, 0.5) is 0 Å². The van der Waals surface area contributed by atoms with Crippen LogP contribution in [0.2, 0.25) is 0 Å². The van der Waals surface area contributed by atoms with Crippen LogP contribution in [0.15, 0.2) is 12.4 Å². The maximum Gasteiger partial charge on any atom is 0.0522 e. The van der Waals surface area contributed by atoms with Gasteiger partial charge in [0.05, 0.1) is 6.20 Å². The van der Waals surface area contributed by atoms with Crippen molar-refractivity contribution >= 4 is 0 Å². The van der Waals surface area contributed by atoms with Crippen LogP contribution in [0, 0.1) is 23.7 Å². The first kappa shape index (κ1) is 11.0. The summed E-state index contributed by atoms with van der Waals surface area (Å²) in [7, 11) is 1.99. The molecule has 3 heteroatoms. The SMILES string of the molecule is Cn1cc(CC2(N)CC3CC2C2CCCC32)cn1. The molecule has 0 aliphatic heterocycles. The van der Waals surface area contributed by atoms with Gasteiger partial charge in [0.15, 0.2) is 0 Å². The molecule has 5 atom stereocenters. The van der Waals surface area contributed by atoms with E-state index >= 15 is 0 Å². The molecule has 98 valence electrons. The molecular formula is C15H23N3. The smallest absolute Gasteiger partial charge is 0.0522 e. The van der Waals surface area contributed by atoms with Crippen LogP contribution in [0.5, 0.6) is 0 Å². The van der Waals surface area contributed by atoms with Crippen molar-refractivity contribution in [2.75, 3.05) is 0 Å². The van der Waals surface area contributed by atoms with Crippen LogP contribution in [-0.4, -0.2) is 15.3 Å². The van der Waals surface area contributed by atoms with Crippen LogP contribution in [-0.2, 0) is 13.5 Å². The molecule has 2 bridgehead atoms. The molecule has 1 aromatic rings. The first-order chi connectivity index (χ1) is 8.66. The van der Waals surface area contributed by atoms with E-state index < -0.39 is 0 Å². The number of nitrogens with two attached hydrogens (primary N) is 1. The van der Waals surface area contributed by atoms with E-state index in [-0.39, 0.29) is 5.54 Å². The Labute approximate surface area is 109 Å². The Balaban J connectivity index is 1.58. The molecule has 1 aromatic heterocycles. The summed E-state index contributed by atoms with van der Waals surface area (Å²) in [5, 5.41) is 4.28. The highest BCUT2D eigenvalue weighted by atomic mass is 15.2. The van der Waals surface area contributed by atoms with Crippen molar-refractivity contribution in [1.29, 1.82) is 0 Å². The zero-order valence-corrected chi connectivity index (χ0v) is 11.2. The minimum Gasteiger partial charge on any atom is -0.325 e. The number of hydrogen-bond donors (Lipinski definition) is 1. The second-order valence-electron chi connectivity index (χ2n) is 7.00. The Hall–Kier alpha value is -0.830. The molecule has 4 rings (SSSR count). The predicted molar refractivity (Wildman–Crippen MR) is 70.9 cm³/mol. The fraction of sp³-hybridized carbons (Fsp3) is 0.800. The van der Waals surface area contributed by atoms with Crippen LogP contribution < -0.4 is 5.73 Å². The second kappa shape index (κ2) is 3.60. The maximum absolute atomic E-state index is 6.80. The molecule has 0 saturated heterocycles. The van der Waals surface area contributed by atoms with E-state index in [1.807, 2.05) is 17.9 Å². The van der Waals surface area contributed by atoms with E-state index in [1.54, 1.807) is 0 Å². The Morgan fingerprint density at radius 1 is 1.44 bits per heavy atom. The summed E-state index contributed by atoms with van der Waals surface area (Å²) in [6.45, 7) is 0. The third-order valence-corrected chi connectivity index (χ3v) is 5.98. The molecule has 3 nitrogen and oxygen atoms in total. The molecule has 3 fully saturated rings. The van der Waals surface area contributed by atoms with E-state index in [0.29, 0.717) is 0 Å². The molecule has 2 N–H and O–H groups in total. The lowest BCUT2D eigenvalue weighted by molar-refractivity contribution is 0.156. The lowest BCUT2D eigenvalue weighted by atomic mass is 9.69. The van der Waals surface area contributed by atoms with Crippen LogP contribution in [0.3, 0.4) is 0 Å². The molecule has 0 aromatic carbocycles. The van der Waals surface area contributed by atoms with Gasteiger partial charge in [-0.3, -0.25) is 4.68 Å². The number of fused-ring (bicyclic) bond motifs is 5. The molecule has 3 aliphatic carbocycles. The summed E-state index contributed by atoms with van der Waals surface area (Å²) in [4.78, 5) is 0. The second-order valence-corrected chi connectivity index (χ2v) is 7.00. The first-order valence-electron chi connectivity index (χ1n) is 7.42. The summed E-state index contributed by atoms with van der Waals surface area (Å²) in [5.74, 6) is 3.70. The Morgan fingerprint density at radius 3 is 3.06 bits per heavy atom. The van der Waals surface area contributed by atoms with Crippen molar-refractivity contribution in [3.05, 3.63) is 18.0 Å². The van der Waals surface area contributed by atoms with Crippen LogP contribution in [0.1, 0.15) is 37.7 Å². The van der Waals surface area contributed by atoms with Gasteiger partial charge in [0.25, 0.3) is 0 Å². The van der Waals surface area contributed by atoms with Gasteiger partial charge in [-0.25, -0.2) is 0 Å². The third-order valence-electron chi connectivity index (χ3n) is 5.98. The maximum atomic E-state index is 6.80. The van der Waals surface area contributed by atoms with Gasteiger partial charge in [-0.2, -0.15) is 5.10 Å². The zero-order valence-electron chi connectivity index (χ0n) is 11.2. The average molecular weight is 245 g/mol. The zero-order chi connectivity index (χ0) is 12.3. The Bertz CT molecular complexity index is 466. The first-order valence-corrected chi connectivity index (χ1v) is 7.42. The number of aromatic nitrogens is 2. The molecule has 0 radical (unpaired) electrons. The normalized spacial score (nSPS) is 45.7. The molecule has 3 saturated carbocycles. The minimum atomic E-state index is 0.0687. The quantitative estimate of drug-likeness (QED) is 0.867. The Kier molecular flexibility index (Phi) is 2.20. The fourth-order valence-electron chi connectivity index (χ4n) is 5.46. The summed E-state index contributed by atoms with van der Waals surface area (Å²) < 4.78 is 1.89. The van der Waals surface area contributed by atoms with Crippen molar-refractivity contribution in [1.82, 2.24) is 9.78 Å². The van der Waals surface area contributed by atoms with Crippen molar-refractivity contribution in [3.8, 4) is 0 Å². The molecule has 0 amide bonds. The van der Waals surface area contributed by atoms with Crippen LogP contribution >= 0.6 is 0 Å². The Morgan fingerprint density at radius 2 is 2.28 bits per heavy atom. The van der Waals surface area contributed by atoms with E-state index in [0.717, 1.165) is 30.1 Å². The number of hydrogen-bond acceptors (Lipinski definition) is 2. The van der Waals surface area contributed by atoms with E-state index in [2.05, 4.69) is 11.3 Å². The van der Waals surface area contributed by atoms with Crippen molar-refractivity contribution < 1.29 is 0 Å². The highest BCUT2D eigenvalue weighted by Crippen LogP contribution is 2.62. The predicted octanol–water partition coefficient (Wildman–Crippen LogP) is 2.12. The van der Waals surface area contributed by atoms with Gasteiger partial charge in [0.1, 0.15) is 0 Å². The minimum absolute atomic E-state index is 0.0687. The molecule has 5 unspecified atom stereocenters. The molecule has 1 heterocycles. The molecular weight excluding hydrogens is 222 g/mol. The van der Waals surface area contributed by atoms with Gasteiger partial charge in [-0.05, 0) is 61.3 Å². The highest BCUT2D eigenvalue weighted by Gasteiger charge is 2.59. The van der Waals surface area contributed by atoms with Gasteiger partial charge in [0.2, 0.25) is 0 Å². The van der Waals surface area contributed by atoms with Crippen molar-refractivity contribution in [2.24, 2.45) is 36.5 Å². The van der Waals surface area contributed by atoms with Crippen molar-refractivity contribution in [3.63, 3.8) is 0 Å². The number of nitrogens with zero attached hydrogens (tertiary/aromatic N) is 2. The lowest BCUT2D eigenvalue weighted by Gasteiger charge is -2.40. The van der Waals surface area contributed by atoms with Gasteiger partial charge in [0, 0.05) is 18.8 Å². The summed E-state index contributed by atoms with van der Waals surface area (Å²) in [5.41, 5.74) is 8.19. The van der Waals surface area contributed by atoms with Gasteiger partial charge >= 0.3 is 0 Å². The summed E-state index contributed by atoms with van der Waals surface area (Å²) in [6, 6.07) is 0. The largest absolute Gasteiger partial charge is 0.325 e. The average Bonchev–Trinajstić information content (AvgIpc) is 2.99. The standard InChI is InChI=1S/C15H23N3/c1-18-9-10(8-17-18)6-15(16)7-11-5-14(15)13-4-2-3-12(11)13/h8-9,11-14H,2-7,16H2,1H3. The third kappa shape index (κ3) is 1.43. The molecule has 18 heavy (non-hydrogen) atoms.